The third-order valence-electron chi connectivity index (χ3n) is 2.74. The van der Waals surface area contributed by atoms with E-state index in [9.17, 15) is 0 Å². The first-order chi connectivity index (χ1) is 6.27. The summed E-state index contributed by atoms with van der Waals surface area (Å²) in [7, 11) is 0. The molecule has 0 radical (unpaired) electrons. The maximum atomic E-state index is 4.03. The highest BCUT2D eigenvalue weighted by Gasteiger charge is 2.25. The second kappa shape index (κ2) is 3.46. The predicted molar refractivity (Wildman–Crippen MR) is 50.4 cm³/mol. The summed E-state index contributed by atoms with van der Waals surface area (Å²) in [5.74, 6) is 0. The van der Waals surface area contributed by atoms with E-state index in [1.807, 2.05) is 10.9 Å². The van der Waals surface area contributed by atoms with Gasteiger partial charge >= 0.3 is 0 Å². The molecule has 0 spiro atoms. The van der Waals surface area contributed by atoms with Crippen molar-refractivity contribution in [1.82, 2.24) is 19.9 Å². The Hall–Kier alpha value is -0.900. The number of likely N-dealkylation sites (tertiary alicyclic amines) is 1. The molecular formula is C9H16N4. The number of rotatable bonds is 2. The first-order valence-corrected chi connectivity index (χ1v) is 4.87. The largest absolute Gasteiger partial charge is 0.299 e. The van der Waals surface area contributed by atoms with E-state index in [-0.39, 0.29) is 0 Å². The normalized spacial score (nSPS) is 24.4. The smallest absolute Gasteiger partial charge is 0.0693 e. The van der Waals surface area contributed by atoms with E-state index in [1.165, 1.54) is 13.0 Å². The summed E-state index contributed by atoms with van der Waals surface area (Å²) in [6, 6.07) is 1.18. The quantitative estimate of drug-likeness (QED) is 0.679. The molecule has 0 aliphatic carbocycles. The van der Waals surface area contributed by atoms with Crippen molar-refractivity contribution in [2.45, 2.75) is 32.4 Å². The van der Waals surface area contributed by atoms with Crippen molar-refractivity contribution in [3.05, 3.63) is 12.4 Å². The Balaban J connectivity index is 1.99. The van der Waals surface area contributed by atoms with E-state index in [0.717, 1.165) is 6.54 Å². The average molecular weight is 180 g/mol. The fraction of sp³-hybridized carbons (Fsp3) is 0.778. The van der Waals surface area contributed by atoms with E-state index in [4.69, 9.17) is 0 Å². The zero-order chi connectivity index (χ0) is 9.26. The Morgan fingerprint density at radius 1 is 1.46 bits per heavy atom. The number of hydrogen-bond acceptors (Lipinski definition) is 3. The molecule has 4 heteroatoms. The summed E-state index contributed by atoms with van der Waals surface area (Å²) in [6.07, 6.45) is 4.90. The number of aromatic nitrogens is 3. The summed E-state index contributed by atoms with van der Waals surface area (Å²) in [6.45, 7) is 6.77. The molecule has 0 saturated carbocycles. The molecule has 0 bridgehead atoms. The second-order valence-electron chi connectivity index (χ2n) is 3.91. The van der Waals surface area contributed by atoms with Crippen molar-refractivity contribution in [3.63, 3.8) is 0 Å². The molecule has 72 valence electrons. The van der Waals surface area contributed by atoms with Gasteiger partial charge in [0, 0.05) is 25.3 Å². The van der Waals surface area contributed by atoms with Crippen LogP contribution in [0, 0.1) is 0 Å². The van der Waals surface area contributed by atoms with Crippen LogP contribution in [0.2, 0.25) is 0 Å². The Morgan fingerprint density at radius 3 is 2.85 bits per heavy atom. The van der Waals surface area contributed by atoms with Gasteiger partial charge < -0.3 is 0 Å². The van der Waals surface area contributed by atoms with Crippen LogP contribution in [0.3, 0.4) is 0 Å². The molecule has 1 aromatic rings. The van der Waals surface area contributed by atoms with Crippen LogP contribution >= 0.6 is 0 Å². The topological polar surface area (TPSA) is 34.0 Å². The van der Waals surface area contributed by atoms with Gasteiger partial charge in [0.05, 0.1) is 12.2 Å². The zero-order valence-corrected chi connectivity index (χ0v) is 8.22. The molecule has 2 heterocycles. The molecule has 1 aliphatic heterocycles. The molecule has 1 fully saturated rings. The van der Waals surface area contributed by atoms with Crippen LogP contribution in [0.15, 0.2) is 12.4 Å². The molecule has 1 atom stereocenters. The van der Waals surface area contributed by atoms with Crippen molar-refractivity contribution >= 4 is 0 Å². The van der Waals surface area contributed by atoms with Crippen LogP contribution in [0.25, 0.3) is 0 Å². The molecule has 0 amide bonds. The third-order valence-corrected chi connectivity index (χ3v) is 2.74. The van der Waals surface area contributed by atoms with Crippen molar-refractivity contribution in [1.29, 1.82) is 0 Å². The molecular weight excluding hydrogens is 164 g/mol. The van der Waals surface area contributed by atoms with Gasteiger partial charge in [-0.25, -0.2) is 4.68 Å². The lowest BCUT2D eigenvalue weighted by atomic mass is 10.3. The minimum absolute atomic E-state index is 0.532. The van der Waals surface area contributed by atoms with Crippen molar-refractivity contribution in [2.24, 2.45) is 0 Å². The van der Waals surface area contributed by atoms with Crippen molar-refractivity contribution in [2.75, 3.05) is 13.1 Å². The highest BCUT2D eigenvalue weighted by molar-refractivity contribution is 4.83. The molecule has 1 aliphatic rings. The second-order valence-corrected chi connectivity index (χ2v) is 3.91. The summed E-state index contributed by atoms with van der Waals surface area (Å²) in [5, 5.41) is 7.86. The van der Waals surface area contributed by atoms with E-state index in [0.29, 0.717) is 12.1 Å². The van der Waals surface area contributed by atoms with Crippen LogP contribution in [-0.2, 0) is 0 Å². The van der Waals surface area contributed by atoms with Gasteiger partial charge in [-0.2, -0.15) is 0 Å². The number of hydrogen-bond donors (Lipinski definition) is 0. The molecule has 1 unspecified atom stereocenters. The standard InChI is InChI=1S/C9H16N4/c1-8(2)12-5-3-9(7-12)13-6-4-10-11-13/h4,6,8-9H,3,5,7H2,1-2H3. The summed E-state index contributed by atoms with van der Waals surface area (Å²) < 4.78 is 1.97. The lowest BCUT2D eigenvalue weighted by molar-refractivity contribution is 0.262. The van der Waals surface area contributed by atoms with Crippen LogP contribution in [0.1, 0.15) is 26.3 Å². The maximum Gasteiger partial charge on any atom is 0.0693 e. The van der Waals surface area contributed by atoms with Gasteiger partial charge in [-0.15, -0.1) is 5.10 Å². The third kappa shape index (κ3) is 1.72. The van der Waals surface area contributed by atoms with E-state index < -0.39 is 0 Å². The Bertz CT molecular complexity index is 255. The molecule has 1 aromatic heterocycles. The molecule has 0 N–H and O–H groups in total. The first-order valence-electron chi connectivity index (χ1n) is 4.87. The van der Waals surface area contributed by atoms with Gasteiger partial charge in [0.2, 0.25) is 0 Å². The Labute approximate surface area is 78.5 Å². The van der Waals surface area contributed by atoms with Crippen molar-refractivity contribution < 1.29 is 0 Å². The summed E-state index contributed by atoms with van der Waals surface area (Å²) >= 11 is 0. The number of nitrogens with zero attached hydrogens (tertiary/aromatic N) is 4. The SMILES string of the molecule is CC(C)N1CCC(n2ccnn2)C1. The highest BCUT2D eigenvalue weighted by Crippen LogP contribution is 2.21. The van der Waals surface area contributed by atoms with Gasteiger partial charge in [-0.1, -0.05) is 5.21 Å². The van der Waals surface area contributed by atoms with Gasteiger partial charge in [-0.3, -0.25) is 4.90 Å². The highest BCUT2D eigenvalue weighted by atomic mass is 15.4. The van der Waals surface area contributed by atoms with Crippen LogP contribution in [0.5, 0.6) is 0 Å². The maximum absolute atomic E-state index is 4.03. The summed E-state index contributed by atoms with van der Waals surface area (Å²) in [5.41, 5.74) is 0. The van der Waals surface area contributed by atoms with Gasteiger partial charge in [0.25, 0.3) is 0 Å². The molecule has 13 heavy (non-hydrogen) atoms. The van der Waals surface area contributed by atoms with E-state index in [1.54, 1.807) is 6.20 Å². The van der Waals surface area contributed by atoms with Gasteiger partial charge in [0.1, 0.15) is 0 Å². The van der Waals surface area contributed by atoms with Crippen LogP contribution in [0.4, 0.5) is 0 Å². The lowest BCUT2D eigenvalue weighted by Crippen LogP contribution is -2.28. The lowest BCUT2D eigenvalue weighted by Gasteiger charge is -2.19. The Morgan fingerprint density at radius 2 is 2.31 bits per heavy atom. The molecule has 2 rings (SSSR count). The van der Waals surface area contributed by atoms with Gasteiger partial charge in [-0.05, 0) is 20.3 Å². The molecule has 4 nitrogen and oxygen atoms in total. The fourth-order valence-corrected chi connectivity index (χ4v) is 1.87. The summed E-state index contributed by atoms with van der Waals surface area (Å²) in [4.78, 5) is 2.48. The van der Waals surface area contributed by atoms with E-state index >= 15 is 0 Å². The zero-order valence-electron chi connectivity index (χ0n) is 8.22. The predicted octanol–water partition coefficient (Wildman–Crippen LogP) is 0.933. The fourth-order valence-electron chi connectivity index (χ4n) is 1.87. The average Bonchev–Trinajstić information content (AvgIpc) is 2.75. The molecule has 1 saturated heterocycles. The van der Waals surface area contributed by atoms with E-state index in [2.05, 4.69) is 29.1 Å². The van der Waals surface area contributed by atoms with Crippen LogP contribution in [-0.4, -0.2) is 39.0 Å². The minimum Gasteiger partial charge on any atom is -0.299 e. The monoisotopic (exact) mass is 180 g/mol. The Kier molecular flexibility index (Phi) is 2.31. The van der Waals surface area contributed by atoms with Crippen molar-refractivity contribution in [3.8, 4) is 0 Å². The van der Waals surface area contributed by atoms with Gasteiger partial charge in [0.15, 0.2) is 0 Å². The van der Waals surface area contributed by atoms with Crippen LogP contribution < -0.4 is 0 Å². The minimum atomic E-state index is 0.532. The molecule has 0 aromatic carbocycles. The first kappa shape index (κ1) is 8.69.